The Labute approximate surface area is 135 Å². The van der Waals surface area contributed by atoms with Crippen molar-refractivity contribution in [2.24, 2.45) is 0 Å². The van der Waals surface area contributed by atoms with Crippen molar-refractivity contribution in [1.82, 2.24) is 20.1 Å². The molecule has 3 rings (SSSR count). The van der Waals surface area contributed by atoms with Gasteiger partial charge in [-0.3, -0.25) is 0 Å². The smallest absolute Gasteiger partial charge is 0.319 e. The van der Waals surface area contributed by atoms with E-state index in [0.717, 1.165) is 35.5 Å². The van der Waals surface area contributed by atoms with Crippen LogP contribution in [0.2, 0.25) is 5.02 Å². The molecular formula is C13H13BrClN5O. The molecule has 0 saturated heterocycles. The molecule has 110 valence electrons. The minimum absolute atomic E-state index is 0.324. The van der Waals surface area contributed by atoms with E-state index in [-0.39, 0.29) is 6.03 Å². The van der Waals surface area contributed by atoms with Crippen molar-refractivity contribution in [3.05, 3.63) is 39.3 Å². The third kappa shape index (κ3) is 3.19. The molecule has 0 radical (unpaired) electrons. The second-order valence-corrected chi connectivity index (χ2v) is 6.04. The highest BCUT2D eigenvalue weighted by atomic mass is 79.9. The normalized spacial score (nSPS) is 13.0. The predicted molar refractivity (Wildman–Crippen MR) is 83.4 cm³/mol. The second-order valence-electron chi connectivity index (χ2n) is 4.72. The maximum Gasteiger partial charge on any atom is 0.319 e. The maximum atomic E-state index is 11.9. The Balaban J connectivity index is 1.59. The minimum atomic E-state index is -0.324. The van der Waals surface area contributed by atoms with Crippen molar-refractivity contribution in [2.45, 2.75) is 25.9 Å². The quantitative estimate of drug-likeness (QED) is 0.872. The number of hydrogen-bond acceptors (Lipinski definition) is 3. The molecule has 2 amide bonds. The fourth-order valence-electron chi connectivity index (χ4n) is 2.26. The van der Waals surface area contributed by atoms with Gasteiger partial charge in [0.2, 0.25) is 0 Å². The lowest BCUT2D eigenvalue weighted by Gasteiger charge is -2.09. The van der Waals surface area contributed by atoms with Gasteiger partial charge in [0, 0.05) is 17.4 Å². The van der Waals surface area contributed by atoms with E-state index in [0.29, 0.717) is 17.3 Å². The van der Waals surface area contributed by atoms with Crippen LogP contribution in [0.1, 0.15) is 18.1 Å². The number of carbonyl (C=O) groups excluding carboxylic acids is 1. The molecule has 1 aliphatic heterocycles. The number of carbonyl (C=O) groups is 1. The molecule has 1 aliphatic rings. The Bertz CT molecular complexity index is 687. The number of aryl methyl sites for hydroxylation is 1. The molecule has 0 saturated carbocycles. The number of anilines is 1. The molecule has 0 fully saturated rings. The molecule has 2 aromatic rings. The van der Waals surface area contributed by atoms with E-state index in [4.69, 9.17) is 11.6 Å². The average Bonchev–Trinajstić information content (AvgIpc) is 3.03. The first kappa shape index (κ1) is 14.3. The Morgan fingerprint density at radius 1 is 1.43 bits per heavy atom. The van der Waals surface area contributed by atoms with E-state index in [1.165, 1.54) is 0 Å². The molecule has 21 heavy (non-hydrogen) atoms. The predicted octanol–water partition coefficient (Wildman–Crippen LogP) is 2.96. The highest BCUT2D eigenvalue weighted by Gasteiger charge is 2.17. The number of nitrogens with one attached hydrogen (secondary N) is 2. The molecule has 0 spiro atoms. The zero-order valence-electron chi connectivity index (χ0n) is 11.1. The summed E-state index contributed by atoms with van der Waals surface area (Å²) in [5, 5.41) is 14.1. The fraction of sp³-hybridized carbons (Fsp3) is 0.308. The molecule has 8 heteroatoms. The highest BCUT2D eigenvalue weighted by Crippen LogP contribution is 2.25. The van der Waals surface area contributed by atoms with Crippen LogP contribution in [0.25, 0.3) is 0 Å². The van der Waals surface area contributed by atoms with Crippen molar-refractivity contribution in [2.75, 3.05) is 5.32 Å². The van der Waals surface area contributed by atoms with E-state index in [1.54, 1.807) is 12.1 Å². The topological polar surface area (TPSA) is 71.8 Å². The lowest BCUT2D eigenvalue weighted by molar-refractivity contribution is 0.251. The summed E-state index contributed by atoms with van der Waals surface area (Å²) in [6.45, 7) is 1.26. The number of nitrogens with zero attached hydrogens (tertiary/aromatic N) is 3. The zero-order valence-corrected chi connectivity index (χ0v) is 13.4. The summed E-state index contributed by atoms with van der Waals surface area (Å²) in [6, 6.07) is 4.95. The molecule has 0 atom stereocenters. The summed E-state index contributed by atoms with van der Waals surface area (Å²) in [5.74, 6) is 1.77. The van der Waals surface area contributed by atoms with Crippen LogP contribution in [0.3, 0.4) is 0 Å². The first-order chi connectivity index (χ1) is 10.1. The Hall–Kier alpha value is -1.60. The van der Waals surface area contributed by atoms with E-state index < -0.39 is 0 Å². The summed E-state index contributed by atoms with van der Waals surface area (Å²) in [6.07, 6.45) is 2.03. The van der Waals surface area contributed by atoms with Crippen LogP contribution in [0, 0.1) is 0 Å². The Kier molecular flexibility index (Phi) is 4.12. The van der Waals surface area contributed by atoms with Gasteiger partial charge in [0.05, 0.1) is 17.3 Å². The first-order valence-corrected chi connectivity index (χ1v) is 7.71. The van der Waals surface area contributed by atoms with Gasteiger partial charge in [0.25, 0.3) is 0 Å². The SMILES string of the molecule is O=C(NCc1nnc2n1CCC2)Nc1ccc(Br)cc1Cl. The van der Waals surface area contributed by atoms with Crippen molar-refractivity contribution in [3.8, 4) is 0 Å². The number of hydrogen-bond donors (Lipinski definition) is 2. The van der Waals surface area contributed by atoms with Gasteiger partial charge in [-0.15, -0.1) is 10.2 Å². The first-order valence-electron chi connectivity index (χ1n) is 6.54. The van der Waals surface area contributed by atoms with Crippen LogP contribution in [0.5, 0.6) is 0 Å². The molecule has 0 aliphatic carbocycles. The van der Waals surface area contributed by atoms with E-state index in [1.807, 2.05) is 10.6 Å². The van der Waals surface area contributed by atoms with Gasteiger partial charge < -0.3 is 15.2 Å². The van der Waals surface area contributed by atoms with Gasteiger partial charge in [-0.25, -0.2) is 4.79 Å². The third-order valence-electron chi connectivity index (χ3n) is 3.27. The monoisotopic (exact) mass is 369 g/mol. The molecule has 6 nitrogen and oxygen atoms in total. The van der Waals surface area contributed by atoms with Crippen LogP contribution in [-0.2, 0) is 19.5 Å². The zero-order chi connectivity index (χ0) is 14.8. The number of urea groups is 1. The van der Waals surface area contributed by atoms with Gasteiger partial charge in [-0.05, 0) is 24.6 Å². The van der Waals surface area contributed by atoms with Crippen LogP contribution < -0.4 is 10.6 Å². The lowest BCUT2D eigenvalue weighted by atomic mass is 10.3. The summed E-state index contributed by atoms with van der Waals surface area (Å²) in [7, 11) is 0. The van der Waals surface area contributed by atoms with Crippen LogP contribution >= 0.6 is 27.5 Å². The third-order valence-corrected chi connectivity index (χ3v) is 4.08. The summed E-state index contributed by atoms with van der Waals surface area (Å²) >= 11 is 9.37. The molecular weight excluding hydrogens is 358 g/mol. The number of halogens is 2. The van der Waals surface area contributed by atoms with Crippen LogP contribution in [0.15, 0.2) is 22.7 Å². The van der Waals surface area contributed by atoms with Gasteiger partial charge in [-0.1, -0.05) is 27.5 Å². The average molecular weight is 371 g/mol. The van der Waals surface area contributed by atoms with E-state index >= 15 is 0 Å². The van der Waals surface area contributed by atoms with Gasteiger partial charge >= 0.3 is 6.03 Å². The summed E-state index contributed by atoms with van der Waals surface area (Å²) in [4.78, 5) is 11.9. The van der Waals surface area contributed by atoms with Gasteiger partial charge in [0.15, 0.2) is 5.82 Å². The molecule has 0 bridgehead atoms. The van der Waals surface area contributed by atoms with Crippen LogP contribution in [0.4, 0.5) is 10.5 Å². The molecule has 2 heterocycles. The summed E-state index contributed by atoms with van der Waals surface area (Å²) < 4.78 is 2.91. The molecule has 0 unspecified atom stereocenters. The molecule has 1 aromatic heterocycles. The lowest BCUT2D eigenvalue weighted by Crippen LogP contribution is -2.29. The fourth-order valence-corrected chi connectivity index (χ4v) is 2.98. The number of fused-ring (bicyclic) bond motifs is 1. The van der Waals surface area contributed by atoms with Crippen molar-refractivity contribution in [3.63, 3.8) is 0 Å². The largest absolute Gasteiger partial charge is 0.331 e. The van der Waals surface area contributed by atoms with E-state index in [9.17, 15) is 4.79 Å². The summed E-state index contributed by atoms with van der Waals surface area (Å²) in [5.41, 5.74) is 0.559. The molecule has 1 aromatic carbocycles. The van der Waals surface area contributed by atoms with Crippen molar-refractivity contribution < 1.29 is 4.79 Å². The van der Waals surface area contributed by atoms with Crippen LogP contribution in [-0.4, -0.2) is 20.8 Å². The van der Waals surface area contributed by atoms with Gasteiger partial charge in [0.1, 0.15) is 5.82 Å². The maximum absolute atomic E-state index is 11.9. The number of aromatic nitrogens is 3. The minimum Gasteiger partial charge on any atom is -0.331 e. The Morgan fingerprint density at radius 2 is 2.29 bits per heavy atom. The van der Waals surface area contributed by atoms with Crippen molar-refractivity contribution >= 4 is 39.2 Å². The number of rotatable bonds is 3. The second kappa shape index (κ2) is 6.03. The number of benzene rings is 1. The van der Waals surface area contributed by atoms with Gasteiger partial charge in [-0.2, -0.15) is 0 Å². The Morgan fingerprint density at radius 3 is 3.10 bits per heavy atom. The standard InChI is InChI=1S/C13H13BrClN5O/c14-8-3-4-10(9(15)6-8)17-13(21)16-7-12-19-18-11-2-1-5-20(11)12/h3-4,6H,1-2,5,7H2,(H2,16,17,21). The highest BCUT2D eigenvalue weighted by molar-refractivity contribution is 9.10. The molecule has 2 N–H and O–H groups in total. The van der Waals surface area contributed by atoms with E-state index in [2.05, 4.69) is 36.8 Å². The van der Waals surface area contributed by atoms with Crippen molar-refractivity contribution in [1.29, 1.82) is 0 Å². The number of amides is 2.